The average molecular weight is 700 g/mol. The molecule has 270 valence electrons. The number of carbonyl (C=O) groups is 3. The van der Waals surface area contributed by atoms with Crippen molar-refractivity contribution in [3.8, 4) is 5.69 Å². The standard InChI is InChI=1S/C39H46FN5O6/c1-24-18-33(45(44-24)30-13-8-10-26(19-30)22-41-36(47)50-38(2,3)4)35(46)43-32-21-28(16-17-31(32)40)34(49-23-25-14-15-25)27-11-9-12-29(20-27)42-37(48)51-39(5,6)7/h8-13,16-21,25,34H,14-15,22-23H2,1-7H3,(H,41,47)(H,42,48)(H,43,46). The molecule has 1 aliphatic rings. The normalized spacial score (nSPS) is 13.6. The van der Waals surface area contributed by atoms with Crippen LogP contribution in [-0.4, -0.2) is 45.7 Å². The molecule has 1 aromatic heterocycles. The van der Waals surface area contributed by atoms with Crippen LogP contribution < -0.4 is 16.0 Å². The van der Waals surface area contributed by atoms with Crippen LogP contribution in [0.2, 0.25) is 0 Å². The van der Waals surface area contributed by atoms with Crippen LogP contribution in [0, 0.1) is 18.7 Å². The van der Waals surface area contributed by atoms with Crippen molar-refractivity contribution in [2.24, 2.45) is 5.92 Å². The highest BCUT2D eigenvalue weighted by Gasteiger charge is 2.26. The summed E-state index contributed by atoms with van der Waals surface area (Å²) in [5.74, 6) is -0.736. The van der Waals surface area contributed by atoms with Gasteiger partial charge in [-0.05, 0) is 126 Å². The zero-order valence-electron chi connectivity index (χ0n) is 30.1. The van der Waals surface area contributed by atoms with E-state index in [2.05, 4.69) is 21.0 Å². The lowest BCUT2D eigenvalue weighted by atomic mass is 10.00. The van der Waals surface area contributed by atoms with Gasteiger partial charge in [-0.3, -0.25) is 10.1 Å². The van der Waals surface area contributed by atoms with Crippen molar-refractivity contribution >= 4 is 29.5 Å². The van der Waals surface area contributed by atoms with Gasteiger partial charge in [0.25, 0.3) is 5.91 Å². The van der Waals surface area contributed by atoms with Crippen molar-refractivity contribution in [1.82, 2.24) is 15.1 Å². The number of aryl methyl sites for hydroxylation is 1. The van der Waals surface area contributed by atoms with Crippen LogP contribution in [0.1, 0.15) is 93.4 Å². The van der Waals surface area contributed by atoms with Gasteiger partial charge in [0, 0.05) is 12.2 Å². The fourth-order valence-corrected chi connectivity index (χ4v) is 5.24. The summed E-state index contributed by atoms with van der Waals surface area (Å²) < 4.78 is 33.9. The Morgan fingerprint density at radius 2 is 1.55 bits per heavy atom. The summed E-state index contributed by atoms with van der Waals surface area (Å²) in [5, 5.41) is 12.8. The van der Waals surface area contributed by atoms with Crippen LogP contribution in [0.4, 0.5) is 25.4 Å². The van der Waals surface area contributed by atoms with Gasteiger partial charge in [-0.2, -0.15) is 5.10 Å². The van der Waals surface area contributed by atoms with E-state index in [0.29, 0.717) is 35.2 Å². The Balaban J connectivity index is 1.37. The summed E-state index contributed by atoms with van der Waals surface area (Å²) in [6.07, 6.45) is 0.423. The minimum Gasteiger partial charge on any atom is -0.444 e. The Morgan fingerprint density at radius 1 is 0.863 bits per heavy atom. The maximum atomic E-state index is 15.3. The smallest absolute Gasteiger partial charge is 0.412 e. The molecule has 1 unspecified atom stereocenters. The van der Waals surface area contributed by atoms with Crippen LogP contribution in [0.25, 0.3) is 5.69 Å². The fraction of sp³-hybridized carbons (Fsp3) is 0.385. The van der Waals surface area contributed by atoms with E-state index < -0.39 is 41.2 Å². The van der Waals surface area contributed by atoms with E-state index in [1.807, 2.05) is 12.1 Å². The number of alkyl carbamates (subject to hydrolysis) is 1. The lowest BCUT2D eigenvalue weighted by molar-refractivity contribution is 0.0522. The van der Waals surface area contributed by atoms with Crippen LogP contribution in [0.5, 0.6) is 0 Å². The van der Waals surface area contributed by atoms with Gasteiger partial charge < -0.3 is 24.8 Å². The third-order valence-electron chi connectivity index (χ3n) is 7.63. The fourth-order valence-electron chi connectivity index (χ4n) is 5.24. The van der Waals surface area contributed by atoms with Gasteiger partial charge in [-0.25, -0.2) is 18.7 Å². The number of nitrogens with zero attached hydrogens (tertiary/aromatic N) is 2. The second-order valence-corrected chi connectivity index (χ2v) is 14.7. The number of aromatic nitrogens is 2. The maximum Gasteiger partial charge on any atom is 0.412 e. The summed E-state index contributed by atoms with van der Waals surface area (Å²) in [4.78, 5) is 38.4. The maximum absolute atomic E-state index is 15.3. The largest absolute Gasteiger partial charge is 0.444 e. The summed E-state index contributed by atoms with van der Waals surface area (Å²) in [6, 6.07) is 20.5. The molecule has 1 aliphatic carbocycles. The number of ether oxygens (including phenoxy) is 3. The van der Waals surface area contributed by atoms with Crippen molar-refractivity contribution in [3.05, 3.63) is 107 Å². The van der Waals surface area contributed by atoms with Crippen molar-refractivity contribution in [3.63, 3.8) is 0 Å². The number of rotatable bonds is 11. The zero-order valence-corrected chi connectivity index (χ0v) is 30.1. The molecule has 0 aliphatic heterocycles. The molecule has 0 spiro atoms. The molecule has 3 N–H and O–H groups in total. The Morgan fingerprint density at radius 3 is 2.25 bits per heavy atom. The van der Waals surface area contributed by atoms with Gasteiger partial charge in [0.1, 0.15) is 28.8 Å². The molecule has 3 amide bonds. The monoisotopic (exact) mass is 699 g/mol. The minimum absolute atomic E-state index is 0.0266. The molecule has 5 rings (SSSR count). The molecular formula is C39H46FN5O6. The van der Waals surface area contributed by atoms with Crippen LogP contribution in [0.3, 0.4) is 0 Å². The number of nitrogens with one attached hydrogen (secondary N) is 3. The first-order valence-corrected chi connectivity index (χ1v) is 17.0. The highest BCUT2D eigenvalue weighted by molar-refractivity contribution is 6.03. The minimum atomic E-state index is -0.659. The van der Waals surface area contributed by atoms with E-state index in [1.54, 1.807) is 103 Å². The SMILES string of the molecule is Cc1cc(C(=O)Nc2cc(C(OCC3CC3)c3cccc(NC(=O)OC(C)(C)C)c3)ccc2F)n(-c2cccc(CNC(=O)OC(C)(C)C)c2)n1. The van der Waals surface area contributed by atoms with E-state index in [4.69, 9.17) is 14.2 Å². The first-order valence-electron chi connectivity index (χ1n) is 17.0. The zero-order chi connectivity index (χ0) is 36.9. The van der Waals surface area contributed by atoms with E-state index in [1.165, 1.54) is 10.7 Å². The number of halogens is 1. The van der Waals surface area contributed by atoms with Gasteiger partial charge in [0.15, 0.2) is 0 Å². The molecule has 0 bridgehead atoms. The molecule has 51 heavy (non-hydrogen) atoms. The second-order valence-electron chi connectivity index (χ2n) is 14.7. The van der Waals surface area contributed by atoms with Crippen molar-refractivity contribution in [2.75, 3.05) is 17.2 Å². The Bertz CT molecular complexity index is 1890. The summed E-state index contributed by atoms with van der Waals surface area (Å²) in [6.45, 7) is 13.2. The topological polar surface area (TPSA) is 133 Å². The summed E-state index contributed by atoms with van der Waals surface area (Å²) in [5.41, 5.74) is 2.69. The molecule has 4 aromatic rings. The third kappa shape index (κ3) is 10.9. The Kier molecular flexibility index (Phi) is 11.1. The highest BCUT2D eigenvalue weighted by Crippen LogP contribution is 2.35. The van der Waals surface area contributed by atoms with Gasteiger partial charge in [0.2, 0.25) is 0 Å². The first kappa shape index (κ1) is 37.0. The van der Waals surface area contributed by atoms with Crippen LogP contribution >= 0.6 is 0 Å². The van der Waals surface area contributed by atoms with Crippen molar-refractivity contribution in [2.45, 2.75) is 85.2 Å². The predicted octanol–water partition coefficient (Wildman–Crippen LogP) is 8.46. The number of carbonyl (C=O) groups excluding carboxylic acids is 3. The molecular weight excluding hydrogens is 653 g/mol. The van der Waals surface area contributed by atoms with E-state index >= 15 is 4.39 Å². The summed E-state index contributed by atoms with van der Waals surface area (Å²) >= 11 is 0. The van der Waals surface area contributed by atoms with Crippen LogP contribution in [-0.2, 0) is 20.8 Å². The van der Waals surface area contributed by atoms with Gasteiger partial charge in [-0.1, -0.05) is 30.3 Å². The first-order chi connectivity index (χ1) is 24.0. The number of benzene rings is 3. The second kappa shape index (κ2) is 15.3. The van der Waals surface area contributed by atoms with Crippen molar-refractivity contribution in [1.29, 1.82) is 0 Å². The molecule has 3 aromatic carbocycles. The lowest BCUT2D eigenvalue weighted by Gasteiger charge is -2.22. The molecule has 1 fully saturated rings. The van der Waals surface area contributed by atoms with Gasteiger partial charge in [0.05, 0.1) is 23.7 Å². The van der Waals surface area contributed by atoms with Gasteiger partial charge >= 0.3 is 12.2 Å². The van der Waals surface area contributed by atoms with E-state index in [0.717, 1.165) is 24.0 Å². The number of anilines is 2. The molecule has 1 heterocycles. The molecule has 1 atom stereocenters. The molecule has 12 heteroatoms. The molecule has 1 saturated carbocycles. The lowest BCUT2D eigenvalue weighted by Crippen LogP contribution is -2.32. The quantitative estimate of drug-likeness (QED) is 0.143. The third-order valence-corrected chi connectivity index (χ3v) is 7.63. The summed E-state index contributed by atoms with van der Waals surface area (Å²) in [7, 11) is 0. The molecule has 11 nitrogen and oxygen atoms in total. The predicted molar refractivity (Wildman–Crippen MR) is 193 cm³/mol. The van der Waals surface area contributed by atoms with E-state index in [9.17, 15) is 14.4 Å². The highest BCUT2D eigenvalue weighted by atomic mass is 19.1. The molecule has 0 saturated heterocycles. The Labute approximate surface area is 297 Å². The van der Waals surface area contributed by atoms with Crippen molar-refractivity contribution < 1.29 is 33.0 Å². The average Bonchev–Trinajstić information content (AvgIpc) is 3.78. The van der Waals surface area contributed by atoms with Crippen LogP contribution in [0.15, 0.2) is 72.8 Å². The molecule has 0 radical (unpaired) electrons. The number of amides is 3. The van der Waals surface area contributed by atoms with E-state index in [-0.39, 0.29) is 17.9 Å². The Hall–Kier alpha value is -5.23. The number of hydrogen-bond acceptors (Lipinski definition) is 7. The van der Waals surface area contributed by atoms with Gasteiger partial charge in [-0.15, -0.1) is 0 Å². The number of hydrogen-bond donors (Lipinski definition) is 3.